The molecule has 9 heteroatoms. The Kier molecular flexibility index (Phi) is 5.45. The molecule has 5 nitrogen and oxygen atoms in total. The predicted molar refractivity (Wildman–Crippen MR) is 81.4 cm³/mol. The number of nitrogens with zero attached hydrogens (tertiary/aromatic N) is 1. The van der Waals surface area contributed by atoms with Crippen molar-refractivity contribution in [1.82, 2.24) is 0 Å². The van der Waals surface area contributed by atoms with Crippen molar-refractivity contribution in [3.8, 4) is 11.5 Å². The fourth-order valence-electron chi connectivity index (χ4n) is 1.77. The molecule has 0 bridgehead atoms. The number of thiophene rings is 1. The lowest BCUT2D eigenvalue weighted by molar-refractivity contribution is -0.137. The molecule has 1 aromatic heterocycles. The van der Waals surface area contributed by atoms with Gasteiger partial charge in [-0.3, -0.25) is 0 Å². The van der Waals surface area contributed by atoms with Crippen molar-refractivity contribution in [1.29, 1.82) is 0 Å². The zero-order valence-corrected chi connectivity index (χ0v) is 13.4. The lowest BCUT2D eigenvalue weighted by atomic mass is 10.2. The van der Waals surface area contributed by atoms with Gasteiger partial charge in [0.2, 0.25) is 5.71 Å². The standard InChI is InChI=1S/C15H12F3NO4S/c1-21-14(20)12(19-22-2)13-11(6-7-24-13)23-10-5-3-4-9(8-10)15(16,17)18/h3-8H,1-2H3/b19-12-. The largest absolute Gasteiger partial charge is 0.464 e. The maximum absolute atomic E-state index is 12.8. The first-order chi connectivity index (χ1) is 11.4. The van der Waals surface area contributed by atoms with Crippen LogP contribution in [0, 0.1) is 0 Å². The predicted octanol–water partition coefficient (Wildman–Crippen LogP) is 4.08. The molecule has 0 spiro atoms. The molecule has 128 valence electrons. The van der Waals surface area contributed by atoms with Crippen molar-refractivity contribution in [3.63, 3.8) is 0 Å². The van der Waals surface area contributed by atoms with Gasteiger partial charge in [-0.15, -0.1) is 11.3 Å². The zero-order chi connectivity index (χ0) is 17.7. The highest BCUT2D eigenvalue weighted by atomic mass is 32.1. The highest BCUT2D eigenvalue weighted by Crippen LogP contribution is 2.35. The lowest BCUT2D eigenvalue weighted by Gasteiger charge is -2.10. The molecule has 1 heterocycles. The Labute approximate surface area is 139 Å². The van der Waals surface area contributed by atoms with Gasteiger partial charge in [-0.2, -0.15) is 13.2 Å². The topological polar surface area (TPSA) is 57.1 Å². The van der Waals surface area contributed by atoms with E-state index in [1.807, 2.05) is 0 Å². The van der Waals surface area contributed by atoms with Gasteiger partial charge in [-0.1, -0.05) is 11.2 Å². The van der Waals surface area contributed by atoms with E-state index in [-0.39, 0.29) is 22.1 Å². The van der Waals surface area contributed by atoms with Crippen molar-refractivity contribution < 1.29 is 32.3 Å². The fourth-order valence-corrected chi connectivity index (χ4v) is 2.56. The minimum atomic E-state index is -4.48. The van der Waals surface area contributed by atoms with Gasteiger partial charge in [-0.25, -0.2) is 4.79 Å². The number of ether oxygens (including phenoxy) is 2. The number of carbonyl (C=O) groups is 1. The summed E-state index contributed by atoms with van der Waals surface area (Å²) in [6.07, 6.45) is -4.48. The van der Waals surface area contributed by atoms with E-state index in [4.69, 9.17) is 4.74 Å². The maximum atomic E-state index is 12.8. The molecule has 1 aromatic carbocycles. The van der Waals surface area contributed by atoms with Crippen LogP contribution in [0.25, 0.3) is 0 Å². The van der Waals surface area contributed by atoms with Crippen molar-refractivity contribution in [2.45, 2.75) is 6.18 Å². The summed E-state index contributed by atoms with van der Waals surface area (Å²) in [7, 11) is 2.43. The van der Waals surface area contributed by atoms with E-state index in [2.05, 4.69) is 14.7 Å². The summed E-state index contributed by atoms with van der Waals surface area (Å²) in [6.45, 7) is 0. The highest BCUT2D eigenvalue weighted by molar-refractivity contribution is 7.13. The summed E-state index contributed by atoms with van der Waals surface area (Å²) in [5.41, 5.74) is -0.979. The van der Waals surface area contributed by atoms with E-state index in [1.54, 1.807) is 5.38 Å². The van der Waals surface area contributed by atoms with Crippen LogP contribution < -0.4 is 4.74 Å². The molecular weight excluding hydrogens is 347 g/mol. The Morgan fingerprint density at radius 2 is 1.96 bits per heavy atom. The monoisotopic (exact) mass is 359 g/mol. The number of methoxy groups -OCH3 is 1. The van der Waals surface area contributed by atoms with E-state index in [1.165, 1.54) is 32.4 Å². The quantitative estimate of drug-likeness (QED) is 0.459. The second kappa shape index (κ2) is 7.35. The zero-order valence-electron chi connectivity index (χ0n) is 12.6. The number of halogens is 3. The van der Waals surface area contributed by atoms with E-state index in [0.29, 0.717) is 0 Å². The number of benzene rings is 1. The molecule has 2 aromatic rings. The molecule has 0 saturated carbocycles. The van der Waals surface area contributed by atoms with Gasteiger partial charge in [-0.05, 0) is 29.6 Å². The van der Waals surface area contributed by atoms with Crippen LogP contribution in [0.1, 0.15) is 10.4 Å². The Morgan fingerprint density at radius 1 is 1.21 bits per heavy atom. The number of carbonyl (C=O) groups excluding carboxylic acids is 1. The molecule has 0 atom stereocenters. The first kappa shape index (κ1) is 17.8. The Balaban J connectivity index is 2.35. The number of hydrogen-bond donors (Lipinski definition) is 0. The molecule has 0 fully saturated rings. The molecule has 0 radical (unpaired) electrons. The molecule has 0 N–H and O–H groups in total. The van der Waals surface area contributed by atoms with Crippen LogP contribution in [-0.4, -0.2) is 25.9 Å². The second-order valence-electron chi connectivity index (χ2n) is 4.36. The van der Waals surface area contributed by atoms with Crippen LogP contribution in [0.4, 0.5) is 13.2 Å². The van der Waals surface area contributed by atoms with Crippen molar-refractivity contribution >= 4 is 23.0 Å². The van der Waals surface area contributed by atoms with Crippen LogP contribution in [0.5, 0.6) is 11.5 Å². The normalized spacial score (nSPS) is 12.0. The van der Waals surface area contributed by atoms with Gasteiger partial charge < -0.3 is 14.3 Å². The summed E-state index contributed by atoms with van der Waals surface area (Å²) < 4.78 is 48.4. The minimum absolute atomic E-state index is 0.0221. The maximum Gasteiger partial charge on any atom is 0.416 e. The van der Waals surface area contributed by atoms with E-state index < -0.39 is 17.7 Å². The van der Waals surface area contributed by atoms with Gasteiger partial charge in [0.15, 0.2) is 0 Å². The number of hydrogen-bond acceptors (Lipinski definition) is 6. The molecule has 0 amide bonds. The van der Waals surface area contributed by atoms with Crippen molar-refractivity contribution in [3.05, 3.63) is 46.2 Å². The lowest BCUT2D eigenvalue weighted by Crippen LogP contribution is -2.17. The average Bonchev–Trinajstić information content (AvgIpc) is 2.99. The van der Waals surface area contributed by atoms with E-state index >= 15 is 0 Å². The number of alkyl halides is 3. The number of esters is 1. The third-order valence-corrected chi connectivity index (χ3v) is 3.70. The SMILES string of the molecule is CO/N=C(\C(=O)OC)c1sccc1Oc1cccc(C(F)(F)F)c1. The summed E-state index contributed by atoms with van der Waals surface area (Å²) >= 11 is 1.11. The van der Waals surface area contributed by atoms with Crippen molar-refractivity contribution in [2.24, 2.45) is 5.16 Å². The second-order valence-corrected chi connectivity index (χ2v) is 5.27. The van der Waals surface area contributed by atoms with E-state index in [9.17, 15) is 18.0 Å². The Morgan fingerprint density at radius 3 is 2.58 bits per heavy atom. The molecule has 2 rings (SSSR count). The Hall–Kier alpha value is -2.55. The Bertz CT molecular complexity index is 755. The summed E-state index contributed by atoms with van der Waals surface area (Å²) in [4.78, 5) is 16.6. The van der Waals surface area contributed by atoms with Crippen molar-refractivity contribution in [2.75, 3.05) is 14.2 Å². The molecule has 0 unspecified atom stereocenters. The first-order valence-electron chi connectivity index (χ1n) is 6.49. The highest BCUT2D eigenvalue weighted by Gasteiger charge is 2.31. The van der Waals surface area contributed by atoms with Crippen LogP contribution in [0.2, 0.25) is 0 Å². The van der Waals surface area contributed by atoms with Crippen LogP contribution in [0.3, 0.4) is 0 Å². The van der Waals surface area contributed by atoms with Gasteiger partial charge >= 0.3 is 12.1 Å². The summed E-state index contributed by atoms with van der Waals surface area (Å²) in [6, 6.07) is 5.92. The molecule has 0 aliphatic heterocycles. The average molecular weight is 359 g/mol. The molecule has 0 saturated heterocycles. The van der Waals surface area contributed by atoms with Crippen LogP contribution in [-0.2, 0) is 20.5 Å². The molecule has 24 heavy (non-hydrogen) atoms. The number of oxime groups is 1. The fraction of sp³-hybridized carbons (Fsp3) is 0.200. The molecule has 0 aliphatic rings. The third kappa shape index (κ3) is 4.05. The van der Waals surface area contributed by atoms with Crippen LogP contribution in [0.15, 0.2) is 40.9 Å². The molecular formula is C15H12F3NO4S. The number of rotatable bonds is 5. The van der Waals surface area contributed by atoms with E-state index in [0.717, 1.165) is 23.5 Å². The van der Waals surface area contributed by atoms with Gasteiger partial charge in [0.25, 0.3) is 0 Å². The van der Waals surface area contributed by atoms with Gasteiger partial charge in [0.05, 0.1) is 12.7 Å². The smallest absolute Gasteiger partial charge is 0.416 e. The molecule has 0 aliphatic carbocycles. The minimum Gasteiger partial charge on any atom is -0.464 e. The summed E-state index contributed by atoms with van der Waals surface area (Å²) in [5.74, 6) is -0.611. The van der Waals surface area contributed by atoms with Crippen LogP contribution >= 0.6 is 11.3 Å². The first-order valence-corrected chi connectivity index (χ1v) is 7.37. The third-order valence-electron chi connectivity index (χ3n) is 2.79. The summed E-state index contributed by atoms with van der Waals surface area (Å²) in [5, 5.41) is 5.19. The van der Waals surface area contributed by atoms with Gasteiger partial charge in [0.1, 0.15) is 23.5 Å². The van der Waals surface area contributed by atoms with Gasteiger partial charge in [0, 0.05) is 0 Å².